The SMILES string of the molecule is CC(O)C(N)C(=O)NC(CS)C(=O)NC(Cc1ccccc1)C(=O)NC(C(=O)O)C(C)O. The average Bonchev–Trinajstić information content (AvgIpc) is 2.74. The second kappa shape index (κ2) is 13.0. The van der Waals surface area contributed by atoms with Gasteiger partial charge in [0.1, 0.15) is 18.1 Å². The quantitative estimate of drug-likeness (QED) is 0.158. The number of hydrogen-bond acceptors (Lipinski definition) is 8. The molecule has 0 saturated carbocycles. The number of aliphatic hydroxyl groups is 2. The van der Waals surface area contributed by atoms with Crippen LogP contribution in [0.1, 0.15) is 19.4 Å². The highest BCUT2D eigenvalue weighted by Crippen LogP contribution is 2.06. The van der Waals surface area contributed by atoms with Gasteiger partial charge in [0.15, 0.2) is 6.04 Å². The summed E-state index contributed by atoms with van der Waals surface area (Å²) >= 11 is 4.04. The van der Waals surface area contributed by atoms with E-state index in [-0.39, 0.29) is 12.2 Å². The molecule has 1 rings (SSSR count). The van der Waals surface area contributed by atoms with Crippen molar-refractivity contribution in [2.75, 3.05) is 5.75 Å². The Bertz CT molecular complexity index is 791. The number of hydrogen-bond donors (Lipinski definition) is 8. The zero-order chi connectivity index (χ0) is 24.4. The lowest BCUT2D eigenvalue weighted by Crippen LogP contribution is -2.59. The molecule has 0 aliphatic carbocycles. The summed E-state index contributed by atoms with van der Waals surface area (Å²) in [6.45, 7) is 2.53. The van der Waals surface area contributed by atoms with Gasteiger partial charge in [-0.25, -0.2) is 4.79 Å². The van der Waals surface area contributed by atoms with E-state index in [1.54, 1.807) is 30.3 Å². The van der Waals surface area contributed by atoms with Crippen LogP contribution in [-0.4, -0.2) is 81.1 Å². The predicted molar refractivity (Wildman–Crippen MR) is 119 cm³/mol. The van der Waals surface area contributed by atoms with E-state index in [4.69, 9.17) is 5.73 Å². The van der Waals surface area contributed by atoms with Crippen LogP contribution in [0.4, 0.5) is 0 Å². The Labute approximate surface area is 191 Å². The maximum Gasteiger partial charge on any atom is 0.328 e. The number of nitrogens with two attached hydrogens (primary N) is 1. The van der Waals surface area contributed by atoms with Gasteiger partial charge in [-0.2, -0.15) is 12.6 Å². The molecule has 3 amide bonds. The first-order chi connectivity index (χ1) is 15.0. The first kappa shape index (κ1) is 27.4. The van der Waals surface area contributed by atoms with Crippen LogP contribution in [0.25, 0.3) is 0 Å². The van der Waals surface area contributed by atoms with Crippen LogP contribution >= 0.6 is 12.6 Å². The van der Waals surface area contributed by atoms with E-state index in [2.05, 4.69) is 28.6 Å². The number of thiol groups is 1. The minimum atomic E-state index is -1.58. The van der Waals surface area contributed by atoms with Crippen LogP contribution < -0.4 is 21.7 Å². The lowest BCUT2D eigenvalue weighted by Gasteiger charge is -2.25. The number of aliphatic hydroxyl groups excluding tert-OH is 2. The molecular formula is C20H30N4O7S. The van der Waals surface area contributed by atoms with Gasteiger partial charge < -0.3 is 37.0 Å². The molecule has 32 heavy (non-hydrogen) atoms. The van der Waals surface area contributed by atoms with Gasteiger partial charge in [0.25, 0.3) is 0 Å². The Hall–Kier alpha value is -2.67. The molecular weight excluding hydrogens is 440 g/mol. The number of aliphatic carboxylic acids is 1. The molecule has 6 unspecified atom stereocenters. The minimum Gasteiger partial charge on any atom is -0.480 e. The van der Waals surface area contributed by atoms with Gasteiger partial charge in [0.05, 0.1) is 12.2 Å². The molecule has 12 heteroatoms. The highest BCUT2D eigenvalue weighted by atomic mass is 32.1. The number of carbonyl (C=O) groups is 4. The van der Waals surface area contributed by atoms with Crippen molar-refractivity contribution < 1.29 is 34.5 Å². The summed E-state index contributed by atoms with van der Waals surface area (Å²) in [5, 5.41) is 35.3. The van der Waals surface area contributed by atoms with Gasteiger partial charge in [-0.1, -0.05) is 30.3 Å². The second-order valence-corrected chi connectivity index (χ2v) is 7.69. The fraction of sp³-hybridized carbons (Fsp3) is 0.500. The summed E-state index contributed by atoms with van der Waals surface area (Å²) in [6, 6.07) is 3.43. The molecule has 178 valence electrons. The van der Waals surface area contributed by atoms with Crippen molar-refractivity contribution in [3.63, 3.8) is 0 Å². The molecule has 11 nitrogen and oxygen atoms in total. The zero-order valence-electron chi connectivity index (χ0n) is 17.8. The van der Waals surface area contributed by atoms with Crippen LogP contribution in [0.15, 0.2) is 30.3 Å². The van der Waals surface area contributed by atoms with Crippen molar-refractivity contribution in [2.24, 2.45) is 5.73 Å². The summed E-state index contributed by atoms with van der Waals surface area (Å²) in [7, 11) is 0. The molecule has 0 saturated heterocycles. The molecule has 0 radical (unpaired) electrons. The Kier molecular flexibility index (Phi) is 11.1. The number of carboxylic acid groups (broad SMARTS) is 1. The average molecular weight is 471 g/mol. The number of amides is 3. The summed E-state index contributed by atoms with van der Waals surface area (Å²) in [5.41, 5.74) is 6.24. The van der Waals surface area contributed by atoms with Crippen molar-refractivity contribution >= 4 is 36.3 Å². The normalized spacial score (nSPS) is 16.6. The number of carboxylic acids is 1. The third-order valence-electron chi connectivity index (χ3n) is 4.60. The van der Waals surface area contributed by atoms with Crippen molar-refractivity contribution in [2.45, 2.75) is 56.6 Å². The van der Waals surface area contributed by atoms with E-state index in [0.29, 0.717) is 5.56 Å². The Balaban J connectivity index is 3.02. The molecule has 0 bridgehead atoms. The molecule has 0 spiro atoms. The number of carbonyl (C=O) groups excluding carboxylic acids is 3. The third-order valence-corrected chi connectivity index (χ3v) is 4.97. The van der Waals surface area contributed by atoms with Gasteiger partial charge in [-0.05, 0) is 19.4 Å². The van der Waals surface area contributed by atoms with E-state index in [0.717, 1.165) is 0 Å². The van der Waals surface area contributed by atoms with Crippen molar-refractivity contribution in [3.05, 3.63) is 35.9 Å². The van der Waals surface area contributed by atoms with Crippen LogP contribution in [0.3, 0.4) is 0 Å². The van der Waals surface area contributed by atoms with Crippen LogP contribution in [-0.2, 0) is 25.6 Å². The number of rotatable bonds is 12. The van der Waals surface area contributed by atoms with Gasteiger partial charge in [-0.15, -0.1) is 0 Å². The topological polar surface area (TPSA) is 191 Å². The summed E-state index contributed by atoms with van der Waals surface area (Å²) in [4.78, 5) is 48.9. The second-order valence-electron chi connectivity index (χ2n) is 7.33. The van der Waals surface area contributed by atoms with E-state index >= 15 is 0 Å². The molecule has 8 N–H and O–H groups in total. The monoisotopic (exact) mass is 470 g/mol. The molecule has 0 aliphatic rings. The predicted octanol–water partition coefficient (Wildman–Crippen LogP) is -2.21. The molecule has 1 aromatic rings. The Morgan fingerprint density at radius 3 is 1.91 bits per heavy atom. The fourth-order valence-electron chi connectivity index (χ4n) is 2.66. The van der Waals surface area contributed by atoms with E-state index in [1.807, 2.05) is 0 Å². The largest absolute Gasteiger partial charge is 0.480 e. The standard InChI is InChI=1S/C20H30N4O7S/c1-10(25)15(21)19(29)23-14(9-32)18(28)22-13(8-12-6-4-3-5-7-12)17(27)24-16(11(2)26)20(30)31/h3-7,10-11,13-16,25-26,32H,8-9,21H2,1-2H3,(H,22,28)(H,23,29)(H,24,27)(H,30,31). The highest BCUT2D eigenvalue weighted by molar-refractivity contribution is 7.80. The van der Waals surface area contributed by atoms with Crippen molar-refractivity contribution in [1.29, 1.82) is 0 Å². The summed E-state index contributed by atoms with van der Waals surface area (Å²) in [6.07, 6.45) is -2.51. The maximum atomic E-state index is 12.8. The van der Waals surface area contributed by atoms with E-state index < -0.39 is 60.1 Å². The molecule has 1 aromatic carbocycles. The maximum absolute atomic E-state index is 12.8. The first-order valence-corrected chi connectivity index (χ1v) is 10.5. The van der Waals surface area contributed by atoms with Crippen LogP contribution in [0.2, 0.25) is 0 Å². The minimum absolute atomic E-state index is 0.0188. The molecule has 0 aliphatic heterocycles. The molecule has 0 fully saturated rings. The van der Waals surface area contributed by atoms with Gasteiger partial charge in [0, 0.05) is 12.2 Å². The molecule has 6 atom stereocenters. The molecule has 0 aromatic heterocycles. The summed E-state index contributed by atoms with van der Waals surface area (Å²) in [5.74, 6) is -3.94. The smallest absolute Gasteiger partial charge is 0.328 e. The molecule has 0 heterocycles. The number of benzene rings is 1. The van der Waals surface area contributed by atoms with Gasteiger partial charge >= 0.3 is 5.97 Å². The third kappa shape index (κ3) is 8.46. The lowest BCUT2D eigenvalue weighted by molar-refractivity contribution is -0.145. The first-order valence-electron chi connectivity index (χ1n) is 9.88. The number of nitrogens with one attached hydrogen (secondary N) is 3. The highest BCUT2D eigenvalue weighted by Gasteiger charge is 2.32. The van der Waals surface area contributed by atoms with Crippen molar-refractivity contribution in [3.8, 4) is 0 Å². The van der Waals surface area contributed by atoms with Gasteiger partial charge in [-0.3, -0.25) is 14.4 Å². The lowest BCUT2D eigenvalue weighted by atomic mass is 10.0. The van der Waals surface area contributed by atoms with E-state index in [9.17, 15) is 34.5 Å². The summed E-state index contributed by atoms with van der Waals surface area (Å²) < 4.78 is 0. The zero-order valence-corrected chi connectivity index (χ0v) is 18.7. The fourth-order valence-corrected chi connectivity index (χ4v) is 2.91. The van der Waals surface area contributed by atoms with Crippen molar-refractivity contribution in [1.82, 2.24) is 16.0 Å². The van der Waals surface area contributed by atoms with Crippen LogP contribution in [0, 0.1) is 0 Å². The van der Waals surface area contributed by atoms with Gasteiger partial charge in [0.2, 0.25) is 17.7 Å². The Morgan fingerprint density at radius 1 is 0.906 bits per heavy atom. The van der Waals surface area contributed by atoms with Crippen LogP contribution in [0.5, 0.6) is 0 Å². The van der Waals surface area contributed by atoms with E-state index in [1.165, 1.54) is 13.8 Å². The Morgan fingerprint density at radius 2 is 1.44 bits per heavy atom.